The van der Waals surface area contributed by atoms with E-state index in [0.29, 0.717) is 5.56 Å². The van der Waals surface area contributed by atoms with Crippen LogP contribution in [0.3, 0.4) is 0 Å². The second-order valence-electron chi connectivity index (χ2n) is 7.35. The molecule has 1 atom stereocenters. The highest BCUT2D eigenvalue weighted by Crippen LogP contribution is 2.36. The summed E-state index contributed by atoms with van der Waals surface area (Å²) < 4.78 is 14.9. The molecule has 0 saturated carbocycles. The highest BCUT2D eigenvalue weighted by molar-refractivity contribution is 6.40. The van der Waals surface area contributed by atoms with Crippen molar-refractivity contribution in [1.82, 2.24) is 10.2 Å². The van der Waals surface area contributed by atoms with Gasteiger partial charge in [0.05, 0.1) is 17.4 Å². The zero-order chi connectivity index (χ0) is 21.5. The Balaban J connectivity index is 1.62. The Hall–Kier alpha value is -3.37. The van der Waals surface area contributed by atoms with E-state index in [1.165, 1.54) is 6.07 Å². The van der Waals surface area contributed by atoms with Gasteiger partial charge in [0.15, 0.2) is 0 Å². The Morgan fingerprint density at radius 3 is 2.50 bits per heavy atom. The van der Waals surface area contributed by atoms with E-state index in [4.69, 9.17) is 11.6 Å². The Labute approximate surface area is 177 Å². The van der Waals surface area contributed by atoms with Crippen LogP contribution in [0.5, 0.6) is 0 Å². The summed E-state index contributed by atoms with van der Waals surface area (Å²) in [5, 5.41) is 2.21. The van der Waals surface area contributed by atoms with E-state index in [0.717, 1.165) is 10.5 Å². The van der Waals surface area contributed by atoms with Gasteiger partial charge < -0.3 is 9.80 Å². The van der Waals surface area contributed by atoms with Gasteiger partial charge in [-0.25, -0.2) is 4.39 Å². The molecule has 0 bridgehead atoms. The molecule has 2 heterocycles. The first-order chi connectivity index (χ1) is 14.3. The molecule has 6 nitrogen and oxygen atoms in total. The lowest BCUT2D eigenvalue weighted by molar-refractivity contribution is -0.163. The monoisotopic (exact) mass is 425 g/mol. The predicted molar refractivity (Wildman–Crippen MR) is 109 cm³/mol. The predicted octanol–water partition coefficient (Wildman–Crippen LogP) is 2.29. The summed E-state index contributed by atoms with van der Waals surface area (Å²) in [5.41, 5.74) is 0.150. The third-order valence-electron chi connectivity index (χ3n) is 5.39. The summed E-state index contributed by atoms with van der Waals surface area (Å²) in [6, 6.07) is 12.1. The second kappa shape index (κ2) is 7.47. The van der Waals surface area contributed by atoms with Crippen molar-refractivity contribution >= 4 is 35.0 Å². The smallest absolute Gasteiger partial charge is 0.316 e. The fourth-order valence-electron chi connectivity index (χ4n) is 3.61. The number of nitrogens with one attached hydrogen (secondary N) is 1. The summed E-state index contributed by atoms with van der Waals surface area (Å²) in [5.74, 6) is 2.89. The van der Waals surface area contributed by atoms with Gasteiger partial charge in [0, 0.05) is 17.7 Å². The number of rotatable bonds is 1. The lowest BCUT2D eigenvalue weighted by atomic mass is 9.89. The van der Waals surface area contributed by atoms with Gasteiger partial charge in [0.25, 0.3) is 5.91 Å². The lowest BCUT2D eigenvalue weighted by Crippen LogP contribution is -2.72. The summed E-state index contributed by atoms with van der Waals surface area (Å²) in [7, 11) is 0. The number of hydrogen-bond acceptors (Lipinski definition) is 4. The molecule has 30 heavy (non-hydrogen) atoms. The molecule has 0 aliphatic carbocycles. The fourth-order valence-corrected chi connectivity index (χ4v) is 3.94. The van der Waals surface area contributed by atoms with E-state index < -0.39 is 29.1 Å². The number of imide groups is 1. The molecule has 4 rings (SSSR count). The first-order valence-corrected chi connectivity index (χ1v) is 9.66. The van der Waals surface area contributed by atoms with Crippen LogP contribution in [0.1, 0.15) is 24.5 Å². The average Bonchev–Trinajstić information content (AvgIpc) is 2.72. The van der Waals surface area contributed by atoms with Crippen LogP contribution in [0.15, 0.2) is 42.5 Å². The van der Waals surface area contributed by atoms with E-state index in [1.54, 1.807) is 17.9 Å². The van der Waals surface area contributed by atoms with Gasteiger partial charge in [-0.2, -0.15) is 0 Å². The molecule has 2 aliphatic heterocycles. The van der Waals surface area contributed by atoms with Crippen molar-refractivity contribution in [1.29, 1.82) is 0 Å². The number of piperazine rings is 1. The Morgan fingerprint density at radius 2 is 1.80 bits per heavy atom. The minimum absolute atomic E-state index is 0.107. The highest BCUT2D eigenvalue weighted by atomic mass is 35.5. The number of halogens is 2. The van der Waals surface area contributed by atoms with Gasteiger partial charge in [-0.3, -0.25) is 19.7 Å². The van der Waals surface area contributed by atoms with Crippen LogP contribution in [0.4, 0.5) is 10.1 Å². The molecule has 152 valence electrons. The number of carbonyl (C=O) groups is 3. The molecule has 1 N–H and O–H groups in total. The van der Waals surface area contributed by atoms with Crippen molar-refractivity contribution in [2.45, 2.75) is 18.9 Å². The molecule has 0 radical (unpaired) electrons. The van der Waals surface area contributed by atoms with Gasteiger partial charge in [0.1, 0.15) is 11.4 Å². The van der Waals surface area contributed by atoms with E-state index in [2.05, 4.69) is 17.2 Å². The van der Waals surface area contributed by atoms with Crippen molar-refractivity contribution in [3.63, 3.8) is 0 Å². The number of anilines is 1. The minimum Gasteiger partial charge on any atom is -0.350 e. The zero-order valence-electron chi connectivity index (χ0n) is 16.0. The molecule has 2 aromatic rings. The van der Waals surface area contributed by atoms with Gasteiger partial charge >= 0.3 is 11.8 Å². The van der Waals surface area contributed by atoms with Crippen molar-refractivity contribution in [2.24, 2.45) is 0 Å². The molecule has 8 heteroatoms. The number of benzene rings is 2. The molecular formula is C22H17ClFN3O3. The maximum Gasteiger partial charge on any atom is 0.316 e. The van der Waals surface area contributed by atoms with E-state index in [-0.39, 0.29) is 30.3 Å². The van der Waals surface area contributed by atoms with Gasteiger partial charge in [-0.1, -0.05) is 41.6 Å². The van der Waals surface area contributed by atoms with Crippen molar-refractivity contribution in [3.8, 4) is 11.8 Å². The van der Waals surface area contributed by atoms with Crippen LogP contribution < -0.4 is 10.2 Å². The van der Waals surface area contributed by atoms with Crippen LogP contribution in [0, 0.1) is 17.7 Å². The summed E-state index contributed by atoms with van der Waals surface area (Å²) in [6.07, 6.45) is 0.225. The van der Waals surface area contributed by atoms with E-state index in [9.17, 15) is 18.8 Å². The molecule has 2 fully saturated rings. The van der Waals surface area contributed by atoms with Crippen molar-refractivity contribution in [2.75, 3.05) is 18.1 Å². The van der Waals surface area contributed by atoms with Gasteiger partial charge in [0.2, 0.25) is 0 Å². The zero-order valence-corrected chi connectivity index (χ0v) is 16.8. The fraction of sp³-hybridized carbons (Fsp3) is 0.227. The molecule has 1 unspecified atom stereocenters. The van der Waals surface area contributed by atoms with Crippen LogP contribution >= 0.6 is 11.6 Å². The normalized spacial score (nSPS) is 21.0. The van der Waals surface area contributed by atoms with Crippen LogP contribution in [0.2, 0.25) is 5.02 Å². The summed E-state index contributed by atoms with van der Waals surface area (Å²) in [4.78, 5) is 39.0. The van der Waals surface area contributed by atoms with Crippen molar-refractivity contribution in [3.05, 3.63) is 64.4 Å². The average molecular weight is 426 g/mol. The maximum atomic E-state index is 14.9. The van der Waals surface area contributed by atoms with Gasteiger partial charge in [-0.15, -0.1) is 0 Å². The van der Waals surface area contributed by atoms with Gasteiger partial charge in [-0.05, 0) is 37.6 Å². The third-order valence-corrected chi connectivity index (χ3v) is 5.68. The largest absolute Gasteiger partial charge is 0.350 e. The Morgan fingerprint density at radius 1 is 1.10 bits per heavy atom. The molecular weight excluding hydrogens is 409 g/mol. The Kier molecular flexibility index (Phi) is 4.96. The minimum atomic E-state index is -1.16. The van der Waals surface area contributed by atoms with E-state index >= 15 is 0 Å². The van der Waals surface area contributed by atoms with E-state index in [1.807, 2.05) is 30.3 Å². The SMILES string of the molecule is CC12CCN(c3c(F)cc(C#Cc4ccccc4)cc3Cl)CN1C(=O)C(=O)NC2=O. The molecule has 3 amide bonds. The molecule has 0 spiro atoms. The summed E-state index contributed by atoms with van der Waals surface area (Å²) in [6.45, 7) is 1.75. The Bertz CT molecular complexity index is 1100. The third kappa shape index (κ3) is 3.40. The number of fused-ring (bicyclic) bond motifs is 1. The number of hydrogen-bond donors (Lipinski definition) is 1. The summed E-state index contributed by atoms with van der Waals surface area (Å²) >= 11 is 6.35. The lowest BCUT2D eigenvalue weighted by Gasteiger charge is -2.49. The maximum absolute atomic E-state index is 14.9. The number of carbonyl (C=O) groups excluding carboxylic acids is 3. The molecule has 0 aromatic heterocycles. The van der Waals surface area contributed by atoms with Crippen molar-refractivity contribution < 1.29 is 18.8 Å². The van der Waals surface area contributed by atoms with Crippen LogP contribution in [0.25, 0.3) is 0 Å². The number of nitrogens with zero attached hydrogens (tertiary/aromatic N) is 2. The highest BCUT2D eigenvalue weighted by Gasteiger charge is 2.52. The first-order valence-electron chi connectivity index (χ1n) is 9.28. The number of amides is 3. The topological polar surface area (TPSA) is 69.7 Å². The molecule has 2 aromatic carbocycles. The quantitative estimate of drug-likeness (QED) is 0.432. The van der Waals surface area contributed by atoms with Crippen LogP contribution in [-0.4, -0.2) is 41.4 Å². The van der Waals surface area contributed by atoms with Crippen LogP contribution in [-0.2, 0) is 14.4 Å². The first kappa shape index (κ1) is 19.9. The molecule has 2 saturated heterocycles. The molecule has 2 aliphatic rings. The second-order valence-corrected chi connectivity index (χ2v) is 7.76. The standard InChI is InChI=1S/C22H17ClFN3O3/c1-22-9-10-26(13-27(22)20(29)19(28)25-21(22)30)18-16(23)11-15(12-17(18)24)8-7-14-5-3-2-4-6-14/h2-6,11-12H,9-10,13H2,1H3,(H,25,28,30).